The summed E-state index contributed by atoms with van der Waals surface area (Å²) < 4.78 is 35.5. The molecule has 0 spiro atoms. The van der Waals surface area contributed by atoms with Crippen molar-refractivity contribution in [3.63, 3.8) is 0 Å². The van der Waals surface area contributed by atoms with Crippen LogP contribution in [0.3, 0.4) is 0 Å². The van der Waals surface area contributed by atoms with Gasteiger partial charge in [0.05, 0.1) is 27.6 Å². The molecule has 0 unspecified atom stereocenters. The molecule has 0 aliphatic carbocycles. The maximum absolute atomic E-state index is 13.1. The van der Waals surface area contributed by atoms with E-state index < -0.39 is 15.9 Å². The van der Waals surface area contributed by atoms with Crippen LogP contribution in [0.15, 0.2) is 83.8 Å². The Morgan fingerprint density at radius 3 is 2.50 bits per heavy atom. The third-order valence-electron chi connectivity index (χ3n) is 5.82. The maximum atomic E-state index is 13.1. The van der Waals surface area contributed by atoms with Gasteiger partial charge in [0.15, 0.2) is 0 Å². The largest absolute Gasteiger partial charge is 0.492 e. The summed E-state index contributed by atoms with van der Waals surface area (Å²) in [4.78, 5) is 17.9. The predicted molar refractivity (Wildman–Crippen MR) is 149 cm³/mol. The van der Waals surface area contributed by atoms with E-state index >= 15 is 0 Å². The molecule has 3 aromatic carbocycles. The van der Waals surface area contributed by atoms with Gasteiger partial charge in [-0.05, 0) is 62.4 Å². The molecule has 1 amide bonds. The lowest BCUT2D eigenvalue weighted by Gasteiger charge is -2.19. The van der Waals surface area contributed by atoms with Crippen LogP contribution in [0.2, 0.25) is 0 Å². The first-order valence-corrected chi connectivity index (χ1v) is 14.1. The minimum Gasteiger partial charge on any atom is -0.492 e. The van der Waals surface area contributed by atoms with E-state index in [-0.39, 0.29) is 4.90 Å². The van der Waals surface area contributed by atoms with Gasteiger partial charge in [0.25, 0.3) is 15.9 Å². The Morgan fingerprint density at radius 2 is 1.79 bits per heavy atom. The van der Waals surface area contributed by atoms with E-state index in [1.807, 2.05) is 38.1 Å². The Labute approximate surface area is 224 Å². The summed E-state index contributed by atoms with van der Waals surface area (Å²) in [6.45, 7) is 4.27. The second kappa shape index (κ2) is 10.3. The van der Waals surface area contributed by atoms with E-state index in [0.717, 1.165) is 10.2 Å². The summed E-state index contributed by atoms with van der Waals surface area (Å²) in [6.07, 6.45) is 0. The Balaban J connectivity index is 1.38. The summed E-state index contributed by atoms with van der Waals surface area (Å²) in [5.41, 5.74) is 2.29. The van der Waals surface area contributed by atoms with Crippen molar-refractivity contribution in [3.05, 3.63) is 90.1 Å². The number of hydrogen-bond acceptors (Lipinski definition) is 7. The van der Waals surface area contributed by atoms with Crippen LogP contribution in [0.25, 0.3) is 15.3 Å². The van der Waals surface area contributed by atoms with Crippen molar-refractivity contribution in [2.24, 2.45) is 0 Å². The quantitative estimate of drug-likeness (QED) is 0.284. The number of aromatic nitrogens is 3. The van der Waals surface area contributed by atoms with Crippen LogP contribution >= 0.6 is 11.3 Å². The van der Waals surface area contributed by atoms with Gasteiger partial charge < -0.3 is 10.1 Å². The van der Waals surface area contributed by atoms with Crippen LogP contribution in [0, 0.1) is 6.92 Å². The summed E-state index contributed by atoms with van der Waals surface area (Å²) >= 11 is 1.43. The first-order valence-electron chi connectivity index (χ1n) is 11.8. The number of carbonyl (C=O) groups is 1. The average molecular weight is 548 g/mol. The number of amides is 1. The van der Waals surface area contributed by atoms with Gasteiger partial charge in [-0.1, -0.05) is 35.6 Å². The number of aryl methyl sites for hydroxylation is 1. The number of benzene rings is 3. The van der Waals surface area contributed by atoms with Gasteiger partial charge in [-0.15, -0.1) is 0 Å². The molecule has 11 heteroatoms. The van der Waals surface area contributed by atoms with Crippen molar-refractivity contribution >= 4 is 49.0 Å². The summed E-state index contributed by atoms with van der Waals surface area (Å²) in [6, 6.07) is 22.1. The van der Waals surface area contributed by atoms with Crippen molar-refractivity contribution in [1.29, 1.82) is 0 Å². The van der Waals surface area contributed by atoms with Crippen LogP contribution in [0.1, 0.15) is 23.0 Å². The van der Waals surface area contributed by atoms with Crippen LogP contribution < -0.4 is 14.4 Å². The van der Waals surface area contributed by atoms with Crippen LogP contribution in [-0.2, 0) is 10.0 Å². The number of fused-ring (bicyclic) bond motifs is 1. The lowest BCUT2D eigenvalue weighted by molar-refractivity contribution is 0.102. The van der Waals surface area contributed by atoms with Gasteiger partial charge >= 0.3 is 0 Å². The zero-order valence-corrected chi connectivity index (χ0v) is 22.6. The van der Waals surface area contributed by atoms with E-state index in [4.69, 9.17) is 9.72 Å². The number of anilines is 2. The SMILES string of the molecule is CCOc1cccc2sc(-n3nc(C)cc3NC(=O)c3ccc(S(=O)(=O)N(C)c4ccccc4)cc3)nc12. The van der Waals surface area contributed by atoms with Gasteiger partial charge in [-0.2, -0.15) is 9.78 Å². The fourth-order valence-corrected chi connectivity index (χ4v) is 6.05. The second-order valence-electron chi connectivity index (χ2n) is 8.40. The Hall–Kier alpha value is -4.22. The third-order valence-corrected chi connectivity index (χ3v) is 8.62. The second-order valence-corrected chi connectivity index (χ2v) is 11.4. The Bertz CT molecular complexity index is 1710. The number of nitrogens with one attached hydrogen (secondary N) is 1. The molecule has 2 heterocycles. The Morgan fingerprint density at radius 1 is 1.05 bits per heavy atom. The number of sulfonamides is 1. The molecule has 0 saturated heterocycles. The van der Waals surface area contributed by atoms with E-state index in [2.05, 4.69) is 10.4 Å². The highest BCUT2D eigenvalue weighted by atomic mass is 32.2. The topological polar surface area (TPSA) is 106 Å². The molecule has 1 N–H and O–H groups in total. The first-order chi connectivity index (χ1) is 18.3. The summed E-state index contributed by atoms with van der Waals surface area (Å²) in [5, 5.41) is 7.98. The monoisotopic (exact) mass is 547 g/mol. The zero-order chi connectivity index (χ0) is 26.9. The summed E-state index contributed by atoms with van der Waals surface area (Å²) in [5.74, 6) is 0.738. The molecule has 5 aromatic rings. The number of ether oxygens (including phenoxy) is 1. The third kappa shape index (κ3) is 4.85. The van der Waals surface area contributed by atoms with Crippen LogP contribution in [0.5, 0.6) is 5.75 Å². The number of carbonyl (C=O) groups excluding carboxylic acids is 1. The molecule has 9 nitrogen and oxygen atoms in total. The van der Waals surface area contributed by atoms with Gasteiger partial charge in [0.2, 0.25) is 5.13 Å². The Kier molecular flexibility index (Phi) is 6.87. The minimum absolute atomic E-state index is 0.0841. The smallest absolute Gasteiger partial charge is 0.264 e. The molecule has 0 atom stereocenters. The van der Waals surface area contributed by atoms with Gasteiger partial charge in [-0.3, -0.25) is 9.10 Å². The molecule has 0 aliphatic rings. The minimum atomic E-state index is -3.78. The standard InChI is InChI=1S/C27H25N5O4S2/c1-4-36-22-11-8-12-23-25(22)29-27(37-23)32-24(17-18(2)30-32)28-26(33)19-13-15-21(16-14-19)38(34,35)31(3)20-9-6-5-7-10-20/h5-17H,4H2,1-3H3,(H,28,33). The number of rotatable bonds is 8. The zero-order valence-electron chi connectivity index (χ0n) is 21.0. The number of nitrogens with zero attached hydrogens (tertiary/aromatic N) is 4. The number of hydrogen-bond donors (Lipinski definition) is 1. The van der Waals surface area contributed by atoms with Crippen LogP contribution in [0.4, 0.5) is 11.5 Å². The molecule has 2 aromatic heterocycles. The molecular formula is C27H25N5O4S2. The van der Waals surface area contributed by atoms with E-state index in [0.29, 0.717) is 40.3 Å². The lowest BCUT2D eigenvalue weighted by Crippen LogP contribution is -2.26. The molecule has 38 heavy (non-hydrogen) atoms. The van der Waals surface area contributed by atoms with Crippen LogP contribution in [-0.4, -0.2) is 42.7 Å². The summed E-state index contributed by atoms with van der Waals surface area (Å²) in [7, 11) is -2.29. The van der Waals surface area contributed by atoms with Crippen molar-refractivity contribution in [2.75, 3.05) is 23.3 Å². The van der Waals surface area contributed by atoms with Gasteiger partial charge in [-0.25, -0.2) is 13.4 Å². The average Bonchev–Trinajstić information content (AvgIpc) is 3.52. The highest BCUT2D eigenvalue weighted by Crippen LogP contribution is 2.33. The highest BCUT2D eigenvalue weighted by Gasteiger charge is 2.22. The highest BCUT2D eigenvalue weighted by molar-refractivity contribution is 7.92. The van der Waals surface area contributed by atoms with Crippen molar-refractivity contribution in [3.8, 4) is 10.9 Å². The van der Waals surface area contributed by atoms with Gasteiger partial charge in [0.1, 0.15) is 17.1 Å². The number of para-hydroxylation sites is 2. The maximum Gasteiger partial charge on any atom is 0.264 e. The molecular weight excluding hydrogens is 522 g/mol. The fraction of sp³-hybridized carbons (Fsp3) is 0.148. The van der Waals surface area contributed by atoms with E-state index in [1.54, 1.807) is 35.0 Å². The first kappa shape index (κ1) is 25.4. The molecule has 0 fully saturated rings. The van der Waals surface area contributed by atoms with Gasteiger partial charge in [0, 0.05) is 18.7 Å². The van der Waals surface area contributed by atoms with E-state index in [1.165, 1.54) is 47.0 Å². The molecule has 0 bridgehead atoms. The fourth-order valence-electron chi connectivity index (χ4n) is 3.91. The lowest BCUT2D eigenvalue weighted by atomic mass is 10.2. The number of thiazole rings is 1. The normalized spacial score (nSPS) is 11.4. The predicted octanol–water partition coefficient (Wildman–Crippen LogP) is 5.27. The van der Waals surface area contributed by atoms with Crippen molar-refractivity contribution < 1.29 is 17.9 Å². The molecule has 0 aliphatic heterocycles. The van der Waals surface area contributed by atoms with E-state index in [9.17, 15) is 13.2 Å². The molecule has 0 radical (unpaired) electrons. The van der Waals surface area contributed by atoms with Crippen molar-refractivity contribution in [2.45, 2.75) is 18.7 Å². The molecule has 0 saturated carbocycles. The molecule has 194 valence electrons. The van der Waals surface area contributed by atoms with Crippen molar-refractivity contribution in [1.82, 2.24) is 14.8 Å². The molecule has 5 rings (SSSR count).